The number of allylic oxidation sites excluding steroid dienone is 1. The Morgan fingerprint density at radius 3 is 2.71 bits per heavy atom. The summed E-state index contributed by atoms with van der Waals surface area (Å²) in [6.07, 6.45) is 8.59. The number of nitrogens with one attached hydrogen (secondary N) is 2. The van der Waals surface area contributed by atoms with Crippen molar-refractivity contribution in [1.29, 1.82) is 0 Å². The lowest BCUT2D eigenvalue weighted by atomic mass is 9.90. The Bertz CT molecular complexity index is 1050. The molecular formula is C24H27N5O2. The van der Waals surface area contributed by atoms with Crippen molar-refractivity contribution in [2.75, 3.05) is 25.5 Å². The highest BCUT2D eigenvalue weighted by molar-refractivity contribution is 5.91. The van der Waals surface area contributed by atoms with Crippen LogP contribution in [0.1, 0.15) is 59.4 Å². The summed E-state index contributed by atoms with van der Waals surface area (Å²) in [6, 6.07) is 5.90. The van der Waals surface area contributed by atoms with Gasteiger partial charge in [-0.05, 0) is 73.2 Å². The minimum Gasteiger partial charge on any atom is -0.354 e. The quantitative estimate of drug-likeness (QED) is 0.727. The number of hydrogen-bond donors (Lipinski definition) is 2. The summed E-state index contributed by atoms with van der Waals surface area (Å²) in [7, 11) is 1.61. The van der Waals surface area contributed by atoms with Crippen molar-refractivity contribution in [3.63, 3.8) is 0 Å². The molecule has 31 heavy (non-hydrogen) atoms. The largest absolute Gasteiger partial charge is 0.354 e. The Kier molecular flexibility index (Phi) is 6.26. The molecule has 1 fully saturated rings. The molecule has 2 aromatic heterocycles. The zero-order valence-electron chi connectivity index (χ0n) is 17.9. The van der Waals surface area contributed by atoms with Crippen LogP contribution < -0.4 is 10.6 Å². The van der Waals surface area contributed by atoms with Gasteiger partial charge in [0.2, 0.25) is 0 Å². The lowest BCUT2D eigenvalue weighted by molar-refractivity contribution is 0.0958. The van der Waals surface area contributed by atoms with Crippen LogP contribution in [0, 0.1) is 0 Å². The molecule has 1 amide bonds. The highest BCUT2D eigenvalue weighted by Crippen LogP contribution is 2.31. The number of rotatable bonds is 5. The summed E-state index contributed by atoms with van der Waals surface area (Å²) >= 11 is 0. The van der Waals surface area contributed by atoms with E-state index in [0.29, 0.717) is 17.3 Å². The number of hydrogen-bond acceptors (Lipinski definition) is 6. The van der Waals surface area contributed by atoms with Gasteiger partial charge >= 0.3 is 0 Å². The second kappa shape index (κ2) is 9.25. The maximum Gasteiger partial charge on any atom is 0.269 e. The average Bonchev–Trinajstić information content (AvgIpc) is 2.83. The molecule has 7 nitrogen and oxygen atoms in total. The molecule has 160 valence electrons. The summed E-state index contributed by atoms with van der Waals surface area (Å²) in [5.41, 5.74) is 5.94. The van der Waals surface area contributed by atoms with E-state index in [1.807, 2.05) is 37.4 Å². The number of anilines is 1. The van der Waals surface area contributed by atoms with Gasteiger partial charge in [0.15, 0.2) is 5.94 Å². The van der Waals surface area contributed by atoms with Crippen LogP contribution in [0.5, 0.6) is 0 Å². The molecule has 0 radical (unpaired) electrons. The van der Waals surface area contributed by atoms with E-state index in [4.69, 9.17) is 0 Å². The van der Waals surface area contributed by atoms with Crippen molar-refractivity contribution in [3.8, 4) is 0 Å². The summed E-state index contributed by atoms with van der Waals surface area (Å²) < 4.78 is 0. The molecule has 2 aliphatic heterocycles. The molecule has 2 aromatic rings. The highest BCUT2D eigenvalue weighted by atomic mass is 16.1. The first kappa shape index (κ1) is 21.0. The number of nitrogens with zero attached hydrogens (tertiary/aromatic N) is 3. The van der Waals surface area contributed by atoms with Gasteiger partial charge in [0.05, 0.1) is 11.4 Å². The lowest BCUT2D eigenvalue weighted by Gasteiger charge is -2.32. The van der Waals surface area contributed by atoms with Crippen LogP contribution in [0.2, 0.25) is 0 Å². The molecule has 0 atom stereocenters. The zero-order valence-corrected chi connectivity index (χ0v) is 17.9. The average molecular weight is 418 g/mol. The normalized spacial score (nSPS) is 16.7. The van der Waals surface area contributed by atoms with Crippen LogP contribution in [0.25, 0.3) is 6.08 Å². The van der Waals surface area contributed by atoms with E-state index in [2.05, 4.69) is 31.6 Å². The van der Waals surface area contributed by atoms with Crippen molar-refractivity contribution in [1.82, 2.24) is 20.2 Å². The first-order chi connectivity index (χ1) is 15.1. The van der Waals surface area contributed by atoms with E-state index in [1.165, 1.54) is 5.56 Å². The van der Waals surface area contributed by atoms with Crippen LogP contribution >= 0.6 is 0 Å². The molecule has 2 aliphatic rings. The summed E-state index contributed by atoms with van der Waals surface area (Å²) in [5.74, 6) is 2.30. The number of carbonyl (C=O) groups excluding carboxylic acids is 2. The summed E-state index contributed by atoms with van der Waals surface area (Å²) in [6.45, 7) is 4.82. The van der Waals surface area contributed by atoms with E-state index >= 15 is 0 Å². The van der Waals surface area contributed by atoms with Gasteiger partial charge < -0.3 is 10.6 Å². The van der Waals surface area contributed by atoms with Crippen LogP contribution in [0.3, 0.4) is 0 Å². The van der Waals surface area contributed by atoms with Gasteiger partial charge in [-0.2, -0.15) is 0 Å². The maximum absolute atomic E-state index is 11.7. The Labute approximate surface area is 182 Å². The Hall–Kier alpha value is -3.28. The standard InChI is InChI=1S/C24H27N5O2/c1-3-17-11-21-22(28-23(17)15-30)10-16(12-26-21)14-29-8-6-18(7-9-29)19-4-5-20(27-13-19)24(31)25-2/h4-5,10-13,18,28H,3,6-9,14H2,1-2H3,(H,25,31). The number of carbonyl (C=O) groups is 1. The molecule has 0 aromatic carbocycles. The van der Waals surface area contributed by atoms with Crippen molar-refractivity contribution < 1.29 is 9.59 Å². The second-order valence-electron chi connectivity index (χ2n) is 8.01. The monoisotopic (exact) mass is 417 g/mol. The summed E-state index contributed by atoms with van der Waals surface area (Å²) in [5, 5.41) is 5.78. The highest BCUT2D eigenvalue weighted by Gasteiger charge is 2.22. The number of fused-ring (bicyclic) bond motifs is 1. The van der Waals surface area contributed by atoms with Crippen molar-refractivity contribution >= 4 is 23.6 Å². The van der Waals surface area contributed by atoms with Crippen LogP contribution in [-0.2, 0) is 11.3 Å². The van der Waals surface area contributed by atoms with Crippen LogP contribution in [0.15, 0.2) is 41.9 Å². The molecule has 0 aliphatic carbocycles. The molecule has 1 saturated heterocycles. The van der Waals surface area contributed by atoms with Gasteiger partial charge in [-0.3, -0.25) is 19.7 Å². The molecule has 0 unspecified atom stereocenters. The molecule has 0 spiro atoms. The van der Waals surface area contributed by atoms with Crippen molar-refractivity contribution in [3.05, 3.63) is 64.4 Å². The fourth-order valence-corrected chi connectivity index (χ4v) is 4.23. The van der Waals surface area contributed by atoms with E-state index < -0.39 is 0 Å². The lowest BCUT2D eigenvalue weighted by Crippen LogP contribution is -2.32. The molecule has 0 saturated carbocycles. The van der Waals surface area contributed by atoms with Crippen molar-refractivity contribution in [2.45, 2.75) is 38.6 Å². The Balaban J connectivity index is 1.37. The van der Waals surface area contributed by atoms with E-state index in [-0.39, 0.29) is 5.91 Å². The molecule has 4 heterocycles. The van der Waals surface area contributed by atoms with Gasteiger partial charge in [-0.1, -0.05) is 13.0 Å². The second-order valence-corrected chi connectivity index (χ2v) is 8.01. The fourth-order valence-electron chi connectivity index (χ4n) is 4.23. The number of piperidine rings is 1. The number of amides is 1. The number of aromatic nitrogens is 2. The zero-order chi connectivity index (χ0) is 21.8. The first-order valence-corrected chi connectivity index (χ1v) is 10.7. The van der Waals surface area contributed by atoms with Crippen LogP contribution in [0.4, 0.5) is 5.69 Å². The minimum atomic E-state index is -0.160. The number of likely N-dealkylation sites (tertiary alicyclic amines) is 1. The fraction of sp³-hybridized carbons (Fsp3) is 0.375. The molecular weight excluding hydrogens is 390 g/mol. The van der Waals surface area contributed by atoms with Gasteiger partial charge in [0, 0.05) is 26.0 Å². The third kappa shape index (κ3) is 4.58. The van der Waals surface area contributed by atoms with Gasteiger partial charge in [-0.25, -0.2) is 4.79 Å². The topological polar surface area (TPSA) is 87.2 Å². The minimum absolute atomic E-state index is 0.160. The predicted molar refractivity (Wildman–Crippen MR) is 120 cm³/mol. The molecule has 4 rings (SSSR count). The van der Waals surface area contributed by atoms with Crippen molar-refractivity contribution in [2.24, 2.45) is 0 Å². The maximum atomic E-state index is 11.7. The van der Waals surface area contributed by atoms with E-state index in [1.54, 1.807) is 13.1 Å². The van der Waals surface area contributed by atoms with Gasteiger partial charge in [-0.15, -0.1) is 0 Å². The Morgan fingerprint density at radius 1 is 1.26 bits per heavy atom. The van der Waals surface area contributed by atoms with Gasteiger partial charge in [0.25, 0.3) is 5.91 Å². The third-order valence-electron chi connectivity index (χ3n) is 6.06. The third-order valence-corrected chi connectivity index (χ3v) is 6.06. The van der Waals surface area contributed by atoms with Gasteiger partial charge in [0.1, 0.15) is 11.4 Å². The predicted octanol–water partition coefficient (Wildman–Crippen LogP) is 3.15. The summed E-state index contributed by atoms with van der Waals surface area (Å²) in [4.78, 5) is 34.2. The SMILES string of the molecule is CCC1=Cc2ncc(CN3CCC(c4ccc(C(=O)NC)nc4)CC3)cc2NC1=C=O. The molecule has 2 N–H and O–H groups in total. The molecule has 7 heteroatoms. The smallest absolute Gasteiger partial charge is 0.269 e. The first-order valence-electron chi connectivity index (χ1n) is 10.7. The van der Waals surface area contributed by atoms with E-state index in [9.17, 15) is 9.59 Å². The van der Waals surface area contributed by atoms with Crippen LogP contribution in [-0.4, -0.2) is 46.9 Å². The number of pyridine rings is 2. The van der Waals surface area contributed by atoms with E-state index in [0.717, 1.165) is 61.4 Å². The Morgan fingerprint density at radius 2 is 2.06 bits per heavy atom. The molecule has 0 bridgehead atoms.